The van der Waals surface area contributed by atoms with Crippen LogP contribution in [0.5, 0.6) is 0 Å². The van der Waals surface area contributed by atoms with Gasteiger partial charge in [-0.25, -0.2) is 0 Å². The molecule has 2 rings (SSSR count). The number of hydrogen-bond acceptors (Lipinski definition) is 2. The Morgan fingerprint density at radius 1 is 0.941 bits per heavy atom. The van der Waals surface area contributed by atoms with E-state index < -0.39 is 0 Å². The van der Waals surface area contributed by atoms with Crippen molar-refractivity contribution in [2.24, 2.45) is 5.73 Å². The summed E-state index contributed by atoms with van der Waals surface area (Å²) in [6.45, 7) is 0.823. The van der Waals surface area contributed by atoms with Gasteiger partial charge in [-0.3, -0.25) is 0 Å². The predicted molar refractivity (Wildman–Crippen MR) is 71.9 cm³/mol. The second-order valence-corrected chi connectivity index (χ2v) is 3.85. The van der Waals surface area contributed by atoms with Gasteiger partial charge in [-0.2, -0.15) is 0 Å². The summed E-state index contributed by atoms with van der Waals surface area (Å²) in [4.78, 5) is 0. The highest BCUT2D eigenvalue weighted by Gasteiger charge is 1.93. The van der Waals surface area contributed by atoms with Crippen LogP contribution in [0.2, 0.25) is 0 Å². The zero-order valence-corrected chi connectivity index (χ0v) is 9.64. The number of rotatable bonds is 3. The van der Waals surface area contributed by atoms with Crippen LogP contribution in [0.15, 0.2) is 78.2 Å². The Morgan fingerprint density at radius 3 is 2.53 bits per heavy atom. The van der Waals surface area contributed by atoms with Crippen molar-refractivity contribution in [1.29, 1.82) is 0 Å². The van der Waals surface area contributed by atoms with E-state index in [-0.39, 0.29) is 0 Å². The van der Waals surface area contributed by atoms with Crippen molar-refractivity contribution in [3.05, 3.63) is 83.7 Å². The number of hydrogen-bond donors (Lipinski definition) is 2. The lowest BCUT2D eigenvalue weighted by Crippen LogP contribution is -2.11. The standard InChI is InChI=1S/C15H16N2/c16-14-8-4-10-15(11-5-9-14)17-12-13-6-2-1-3-7-13/h1-11,17H,12,16H2/b8-4-,9-5?,10-4?,11-5-,14-8?,14-9+,15-10+,15-11?. The van der Waals surface area contributed by atoms with E-state index in [1.807, 2.05) is 54.7 Å². The summed E-state index contributed by atoms with van der Waals surface area (Å²) in [5.41, 5.74) is 8.80. The first-order valence-corrected chi connectivity index (χ1v) is 5.64. The molecule has 0 saturated heterocycles. The van der Waals surface area contributed by atoms with Gasteiger partial charge in [0.05, 0.1) is 0 Å². The molecule has 0 atom stereocenters. The summed E-state index contributed by atoms with van der Waals surface area (Å²) in [5.74, 6) is 0. The minimum Gasteiger partial charge on any atom is -0.399 e. The SMILES string of the molecule is NC1=C/C=C\C(NCc2ccccc2)=C/C=C\1. The molecule has 2 nitrogen and oxygen atoms in total. The molecule has 0 fully saturated rings. The molecule has 0 saturated carbocycles. The number of benzene rings is 1. The van der Waals surface area contributed by atoms with Gasteiger partial charge in [-0.05, 0) is 29.9 Å². The van der Waals surface area contributed by atoms with Crippen molar-refractivity contribution in [2.45, 2.75) is 6.54 Å². The van der Waals surface area contributed by atoms with E-state index in [0.29, 0.717) is 0 Å². The van der Waals surface area contributed by atoms with E-state index in [1.54, 1.807) is 0 Å². The Balaban J connectivity index is 1.96. The maximum Gasteiger partial charge on any atom is 0.0400 e. The third-order valence-corrected chi connectivity index (χ3v) is 2.47. The molecule has 0 aliphatic heterocycles. The average Bonchev–Trinajstić information content (AvgIpc) is 2.33. The fraction of sp³-hybridized carbons (Fsp3) is 0.0667. The molecule has 0 unspecified atom stereocenters. The van der Waals surface area contributed by atoms with Gasteiger partial charge >= 0.3 is 0 Å². The highest BCUT2D eigenvalue weighted by Crippen LogP contribution is 2.03. The summed E-state index contributed by atoms with van der Waals surface area (Å²) < 4.78 is 0. The monoisotopic (exact) mass is 224 g/mol. The first-order valence-electron chi connectivity index (χ1n) is 5.64. The van der Waals surface area contributed by atoms with Gasteiger partial charge in [-0.1, -0.05) is 42.5 Å². The van der Waals surface area contributed by atoms with Gasteiger partial charge in [-0.15, -0.1) is 0 Å². The molecule has 1 aromatic rings. The molecule has 86 valence electrons. The van der Waals surface area contributed by atoms with Crippen LogP contribution in [-0.2, 0) is 6.54 Å². The number of allylic oxidation sites excluding steroid dienone is 6. The molecule has 0 spiro atoms. The molecule has 1 aliphatic carbocycles. The molecule has 0 heterocycles. The molecule has 17 heavy (non-hydrogen) atoms. The van der Waals surface area contributed by atoms with Crippen LogP contribution in [0.1, 0.15) is 5.56 Å². The van der Waals surface area contributed by atoms with Crippen LogP contribution in [0.3, 0.4) is 0 Å². The second-order valence-electron chi connectivity index (χ2n) is 3.85. The molecule has 0 amide bonds. The fourth-order valence-electron chi connectivity index (χ4n) is 1.55. The molecule has 0 bridgehead atoms. The van der Waals surface area contributed by atoms with E-state index in [9.17, 15) is 0 Å². The van der Waals surface area contributed by atoms with Gasteiger partial charge in [0.15, 0.2) is 0 Å². The normalized spacial score (nSPS) is 24.5. The largest absolute Gasteiger partial charge is 0.399 e. The van der Waals surface area contributed by atoms with Crippen molar-refractivity contribution in [2.75, 3.05) is 0 Å². The maximum absolute atomic E-state index is 5.69. The van der Waals surface area contributed by atoms with Crippen LogP contribution >= 0.6 is 0 Å². The maximum atomic E-state index is 5.69. The zero-order chi connectivity index (χ0) is 11.9. The summed E-state index contributed by atoms with van der Waals surface area (Å²) in [5, 5.41) is 3.37. The number of nitrogens with two attached hydrogens (primary N) is 1. The van der Waals surface area contributed by atoms with Crippen molar-refractivity contribution >= 4 is 0 Å². The Labute approximate surface area is 102 Å². The Bertz CT molecular complexity index is 479. The first kappa shape index (κ1) is 11.3. The minimum atomic E-state index is 0.764. The van der Waals surface area contributed by atoms with Crippen LogP contribution in [-0.4, -0.2) is 0 Å². The van der Waals surface area contributed by atoms with E-state index in [0.717, 1.165) is 17.9 Å². The van der Waals surface area contributed by atoms with Crippen molar-refractivity contribution in [3.63, 3.8) is 0 Å². The van der Waals surface area contributed by atoms with Gasteiger partial charge in [0.25, 0.3) is 0 Å². The third kappa shape index (κ3) is 3.68. The van der Waals surface area contributed by atoms with Crippen molar-refractivity contribution in [1.82, 2.24) is 5.32 Å². The summed E-state index contributed by atoms with van der Waals surface area (Å²) in [7, 11) is 0. The first-order chi connectivity index (χ1) is 8.34. The average molecular weight is 224 g/mol. The van der Waals surface area contributed by atoms with Crippen LogP contribution in [0.4, 0.5) is 0 Å². The van der Waals surface area contributed by atoms with Gasteiger partial charge in [0, 0.05) is 17.9 Å². The van der Waals surface area contributed by atoms with Gasteiger partial charge in [0.1, 0.15) is 0 Å². The fourth-order valence-corrected chi connectivity index (χ4v) is 1.55. The summed E-state index contributed by atoms with van der Waals surface area (Å²) >= 11 is 0. The van der Waals surface area contributed by atoms with Crippen molar-refractivity contribution < 1.29 is 0 Å². The van der Waals surface area contributed by atoms with E-state index in [1.165, 1.54) is 5.56 Å². The lowest BCUT2D eigenvalue weighted by molar-refractivity contribution is 0.833. The smallest absolute Gasteiger partial charge is 0.0400 e. The van der Waals surface area contributed by atoms with Crippen molar-refractivity contribution in [3.8, 4) is 0 Å². The quantitative estimate of drug-likeness (QED) is 0.828. The highest BCUT2D eigenvalue weighted by molar-refractivity contribution is 5.33. The van der Waals surface area contributed by atoms with Crippen LogP contribution in [0, 0.1) is 0 Å². The summed E-state index contributed by atoms with van der Waals surface area (Å²) in [6.07, 6.45) is 11.7. The molecule has 2 heteroatoms. The summed E-state index contributed by atoms with van der Waals surface area (Å²) in [6, 6.07) is 10.3. The molecule has 0 aromatic heterocycles. The lowest BCUT2D eigenvalue weighted by atomic mass is 10.2. The third-order valence-electron chi connectivity index (χ3n) is 2.47. The van der Waals surface area contributed by atoms with Gasteiger partial charge in [0.2, 0.25) is 0 Å². The van der Waals surface area contributed by atoms with Crippen LogP contribution in [0.25, 0.3) is 0 Å². The Hall–Kier alpha value is -2.22. The molecular weight excluding hydrogens is 208 g/mol. The number of nitrogens with one attached hydrogen (secondary N) is 1. The van der Waals surface area contributed by atoms with E-state index in [4.69, 9.17) is 5.73 Å². The molecule has 1 aliphatic rings. The molecule has 3 N–H and O–H groups in total. The lowest BCUT2D eigenvalue weighted by Gasteiger charge is -2.07. The Morgan fingerprint density at radius 2 is 1.71 bits per heavy atom. The minimum absolute atomic E-state index is 0.764. The van der Waals surface area contributed by atoms with Crippen LogP contribution < -0.4 is 11.1 Å². The predicted octanol–water partition coefficient (Wildman–Crippen LogP) is 2.63. The van der Waals surface area contributed by atoms with Gasteiger partial charge < -0.3 is 11.1 Å². The highest BCUT2D eigenvalue weighted by atomic mass is 14.9. The van der Waals surface area contributed by atoms with E-state index in [2.05, 4.69) is 17.4 Å². The molecule has 0 radical (unpaired) electrons. The Kier molecular flexibility index (Phi) is 3.81. The zero-order valence-electron chi connectivity index (χ0n) is 9.64. The van der Waals surface area contributed by atoms with E-state index >= 15 is 0 Å². The molecular formula is C15H16N2. The second kappa shape index (κ2) is 5.75. The topological polar surface area (TPSA) is 38.0 Å². The molecule has 1 aromatic carbocycles.